The van der Waals surface area contributed by atoms with E-state index in [-0.39, 0.29) is 35.0 Å². The second-order valence-electron chi connectivity index (χ2n) is 4.56. The largest absolute Gasteiger partial charge is 0.294 e. The van der Waals surface area contributed by atoms with Gasteiger partial charge in [0.05, 0.1) is 10.6 Å². The van der Waals surface area contributed by atoms with Crippen molar-refractivity contribution in [2.75, 3.05) is 17.8 Å². The molecule has 0 N–H and O–H groups in total. The van der Waals surface area contributed by atoms with E-state index in [2.05, 4.69) is 0 Å². The van der Waals surface area contributed by atoms with Crippen LogP contribution < -0.4 is 0 Å². The average molecular weight is 318 g/mol. The fourth-order valence-corrected chi connectivity index (χ4v) is 3.13. The molecule has 0 amide bonds. The van der Waals surface area contributed by atoms with Gasteiger partial charge in [0.1, 0.15) is 9.84 Å². The minimum absolute atomic E-state index is 0.00331. The van der Waals surface area contributed by atoms with Gasteiger partial charge >= 0.3 is 0 Å². The Morgan fingerprint density at radius 3 is 2.05 bits per heavy atom. The zero-order valence-corrected chi connectivity index (χ0v) is 13.1. The zero-order chi connectivity index (χ0) is 15.4. The topological polar surface area (TPSA) is 85.3 Å². The van der Waals surface area contributed by atoms with Crippen molar-refractivity contribution in [2.24, 2.45) is 0 Å². The van der Waals surface area contributed by atoms with Gasteiger partial charge in [-0.15, -0.1) is 0 Å². The molecule has 0 bridgehead atoms. The fourth-order valence-electron chi connectivity index (χ4n) is 1.63. The first-order valence-corrected chi connectivity index (χ1v) is 9.91. The molecule has 0 radical (unpaired) electrons. The highest BCUT2D eigenvalue weighted by atomic mass is 32.2. The molecule has 0 aromatic heterocycles. The van der Waals surface area contributed by atoms with Crippen LogP contribution in [0.15, 0.2) is 29.2 Å². The normalized spacial score (nSPS) is 12.3. The van der Waals surface area contributed by atoms with E-state index < -0.39 is 19.7 Å². The Kier molecular flexibility index (Phi) is 5.47. The van der Waals surface area contributed by atoms with Crippen molar-refractivity contribution in [1.82, 2.24) is 0 Å². The van der Waals surface area contributed by atoms with Gasteiger partial charge in [-0.2, -0.15) is 0 Å². The minimum Gasteiger partial charge on any atom is -0.294 e. The molecule has 1 aromatic rings. The van der Waals surface area contributed by atoms with Crippen LogP contribution in [0.3, 0.4) is 0 Å². The lowest BCUT2D eigenvalue weighted by Crippen LogP contribution is -2.10. The van der Waals surface area contributed by atoms with Crippen LogP contribution in [0, 0.1) is 0 Å². The molecule has 0 spiro atoms. The molecule has 0 aliphatic heterocycles. The molecule has 112 valence electrons. The van der Waals surface area contributed by atoms with Gasteiger partial charge < -0.3 is 0 Å². The molecule has 0 atom stereocenters. The van der Waals surface area contributed by atoms with E-state index in [0.717, 1.165) is 6.26 Å². The minimum atomic E-state index is -3.28. The summed E-state index contributed by atoms with van der Waals surface area (Å²) in [6.45, 7) is 1.57. The lowest BCUT2D eigenvalue weighted by molar-refractivity contribution is 0.0982. The second-order valence-corrected chi connectivity index (χ2v) is 9.05. The molecule has 1 rings (SSSR count). The van der Waals surface area contributed by atoms with Crippen LogP contribution >= 0.6 is 0 Å². The molecule has 0 unspecified atom stereocenters. The van der Waals surface area contributed by atoms with Crippen molar-refractivity contribution >= 4 is 25.5 Å². The molecule has 0 heterocycles. The molecule has 5 nitrogen and oxygen atoms in total. The van der Waals surface area contributed by atoms with Crippen LogP contribution in [0.1, 0.15) is 30.1 Å². The third kappa shape index (κ3) is 5.05. The summed E-state index contributed by atoms with van der Waals surface area (Å²) in [5.41, 5.74) is 0.395. The molecular weight excluding hydrogens is 300 g/mol. The summed E-state index contributed by atoms with van der Waals surface area (Å²) in [5, 5.41) is 0. The van der Waals surface area contributed by atoms with Crippen molar-refractivity contribution in [3.63, 3.8) is 0 Å². The van der Waals surface area contributed by atoms with Crippen LogP contribution in [-0.2, 0) is 19.7 Å². The van der Waals surface area contributed by atoms with Crippen LogP contribution in [0.4, 0.5) is 0 Å². The Morgan fingerprint density at radius 1 is 1.05 bits per heavy atom. The first kappa shape index (κ1) is 16.8. The van der Waals surface area contributed by atoms with Gasteiger partial charge in [-0.25, -0.2) is 16.8 Å². The van der Waals surface area contributed by atoms with Gasteiger partial charge in [-0.1, -0.05) is 19.1 Å². The van der Waals surface area contributed by atoms with E-state index in [1.807, 2.05) is 0 Å². The summed E-state index contributed by atoms with van der Waals surface area (Å²) in [5.74, 6) is -0.114. The molecule has 0 aliphatic carbocycles. The number of Topliss-reactive ketones (excluding diaryl/α,β-unsaturated/α-hetero) is 1. The fraction of sp³-hybridized carbons (Fsp3) is 0.462. The first-order valence-electron chi connectivity index (χ1n) is 6.19. The Morgan fingerprint density at radius 2 is 1.60 bits per heavy atom. The molecule has 0 fully saturated rings. The second kappa shape index (κ2) is 6.49. The van der Waals surface area contributed by atoms with Gasteiger partial charge in [0, 0.05) is 24.0 Å². The SMILES string of the molecule is CCS(=O)(=O)CCCC(=O)c1ccc(S(C)(=O)=O)cc1. The van der Waals surface area contributed by atoms with E-state index in [1.165, 1.54) is 24.3 Å². The Hall–Kier alpha value is -1.21. The number of sulfone groups is 2. The number of hydrogen-bond acceptors (Lipinski definition) is 5. The van der Waals surface area contributed by atoms with Crippen molar-refractivity contribution in [1.29, 1.82) is 0 Å². The first-order chi connectivity index (χ1) is 9.15. The van der Waals surface area contributed by atoms with E-state index in [4.69, 9.17) is 0 Å². The molecule has 0 saturated heterocycles. The number of benzene rings is 1. The summed E-state index contributed by atoms with van der Waals surface area (Å²) < 4.78 is 45.1. The molecular formula is C13H18O5S2. The molecule has 0 saturated carbocycles. The predicted molar refractivity (Wildman–Crippen MR) is 77.4 cm³/mol. The van der Waals surface area contributed by atoms with E-state index in [9.17, 15) is 21.6 Å². The summed E-state index contributed by atoms with van der Waals surface area (Å²) >= 11 is 0. The van der Waals surface area contributed by atoms with Crippen LogP contribution in [0.25, 0.3) is 0 Å². The maximum Gasteiger partial charge on any atom is 0.175 e. The Balaban J connectivity index is 2.66. The van der Waals surface area contributed by atoms with E-state index >= 15 is 0 Å². The summed E-state index contributed by atoms with van der Waals surface area (Å²) in [6.07, 6.45) is 1.51. The third-order valence-corrected chi connectivity index (χ3v) is 5.82. The third-order valence-electron chi connectivity index (χ3n) is 2.90. The maximum absolute atomic E-state index is 11.8. The summed E-state index contributed by atoms with van der Waals surface area (Å²) in [4.78, 5) is 12.0. The van der Waals surface area contributed by atoms with Crippen LogP contribution in [0.2, 0.25) is 0 Å². The quantitative estimate of drug-likeness (QED) is 0.711. The van der Waals surface area contributed by atoms with Gasteiger partial charge in [-0.05, 0) is 18.6 Å². The molecule has 0 aliphatic rings. The zero-order valence-electron chi connectivity index (χ0n) is 11.5. The lowest BCUT2D eigenvalue weighted by atomic mass is 10.1. The number of hydrogen-bond donors (Lipinski definition) is 0. The van der Waals surface area contributed by atoms with Gasteiger partial charge in [-0.3, -0.25) is 4.79 Å². The lowest BCUT2D eigenvalue weighted by Gasteiger charge is -2.03. The molecule has 7 heteroatoms. The number of carbonyl (C=O) groups is 1. The molecule has 1 aromatic carbocycles. The van der Waals surface area contributed by atoms with Gasteiger partial charge in [0.15, 0.2) is 15.6 Å². The van der Waals surface area contributed by atoms with Crippen molar-refractivity contribution < 1.29 is 21.6 Å². The van der Waals surface area contributed by atoms with E-state index in [0.29, 0.717) is 5.56 Å². The predicted octanol–water partition coefficient (Wildman–Crippen LogP) is 1.49. The number of ketones is 1. The highest BCUT2D eigenvalue weighted by molar-refractivity contribution is 7.91. The van der Waals surface area contributed by atoms with Gasteiger partial charge in [0.2, 0.25) is 0 Å². The summed E-state index contributed by atoms with van der Waals surface area (Å²) in [6, 6.07) is 5.66. The maximum atomic E-state index is 11.8. The van der Waals surface area contributed by atoms with Gasteiger partial charge in [0.25, 0.3) is 0 Å². The Labute approximate surface area is 119 Å². The standard InChI is InChI=1S/C13H18O5S2/c1-3-20(17,18)10-4-5-13(14)11-6-8-12(9-7-11)19(2,15)16/h6-9H,3-5,10H2,1-2H3. The van der Waals surface area contributed by atoms with Crippen LogP contribution in [0.5, 0.6) is 0 Å². The average Bonchev–Trinajstić information content (AvgIpc) is 2.37. The summed E-state index contributed by atoms with van der Waals surface area (Å²) in [7, 11) is -6.33. The van der Waals surface area contributed by atoms with Crippen molar-refractivity contribution in [3.8, 4) is 0 Å². The smallest absolute Gasteiger partial charge is 0.175 e. The van der Waals surface area contributed by atoms with Crippen molar-refractivity contribution in [2.45, 2.75) is 24.7 Å². The van der Waals surface area contributed by atoms with Crippen LogP contribution in [-0.4, -0.2) is 40.4 Å². The van der Waals surface area contributed by atoms with Crippen molar-refractivity contribution in [3.05, 3.63) is 29.8 Å². The number of rotatable bonds is 7. The van der Waals surface area contributed by atoms with E-state index in [1.54, 1.807) is 6.92 Å². The highest BCUT2D eigenvalue weighted by Crippen LogP contribution is 2.12. The monoisotopic (exact) mass is 318 g/mol. The molecule has 20 heavy (non-hydrogen) atoms. The highest BCUT2D eigenvalue weighted by Gasteiger charge is 2.12. The number of carbonyl (C=O) groups excluding carboxylic acids is 1. The Bertz CT molecular complexity index is 670.